The number of H-pyrrole nitrogens is 1. The van der Waals surface area contributed by atoms with Gasteiger partial charge in [0.1, 0.15) is 0 Å². The van der Waals surface area contributed by atoms with E-state index in [-0.39, 0.29) is 5.56 Å². The van der Waals surface area contributed by atoms with Gasteiger partial charge in [0.25, 0.3) is 5.56 Å². The predicted octanol–water partition coefficient (Wildman–Crippen LogP) is 4.53. The molecule has 0 saturated heterocycles. The van der Waals surface area contributed by atoms with Gasteiger partial charge in [0.05, 0.1) is 11.1 Å². The van der Waals surface area contributed by atoms with Crippen LogP contribution in [0.4, 0.5) is 0 Å². The number of nitrogens with one attached hydrogen (secondary N) is 1. The second-order valence-electron chi connectivity index (χ2n) is 6.20. The molecule has 5 aromatic rings. The molecule has 0 bridgehead atoms. The van der Waals surface area contributed by atoms with E-state index in [2.05, 4.69) is 34.3 Å². The van der Waals surface area contributed by atoms with Crippen molar-refractivity contribution in [3.63, 3.8) is 0 Å². The molecular formula is C22H15N3O. The first kappa shape index (κ1) is 14.7. The molecule has 4 heteroatoms. The monoisotopic (exact) mass is 337 g/mol. The maximum absolute atomic E-state index is 13.2. The highest BCUT2D eigenvalue weighted by molar-refractivity contribution is 6.03. The predicted molar refractivity (Wildman–Crippen MR) is 105 cm³/mol. The Balaban J connectivity index is 1.85. The zero-order valence-corrected chi connectivity index (χ0v) is 13.9. The molecular weight excluding hydrogens is 322 g/mol. The van der Waals surface area contributed by atoms with Crippen LogP contribution in [0.1, 0.15) is 0 Å². The Hall–Kier alpha value is -3.66. The lowest BCUT2D eigenvalue weighted by molar-refractivity contribution is 0.858. The Morgan fingerprint density at radius 1 is 0.769 bits per heavy atom. The Morgan fingerprint density at radius 2 is 1.54 bits per heavy atom. The van der Waals surface area contributed by atoms with Crippen molar-refractivity contribution in [1.29, 1.82) is 0 Å². The van der Waals surface area contributed by atoms with Gasteiger partial charge in [-0.25, -0.2) is 9.67 Å². The number of benzene rings is 3. The van der Waals surface area contributed by atoms with Gasteiger partial charge in [0, 0.05) is 11.8 Å². The summed E-state index contributed by atoms with van der Waals surface area (Å²) in [6.07, 6.45) is 1.74. The number of aromatic amines is 1. The maximum atomic E-state index is 13.2. The van der Waals surface area contributed by atoms with Gasteiger partial charge in [0.15, 0.2) is 5.65 Å². The fourth-order valence-electron chi connectivity index (χ4n) is 3.48. The third-order valence-electron chi connectivity index (χ3n) is 4.68. The van der Waals surface area contributed by atoms with E-state index in [1.807, 2.05) is 54.6 Å². The van der Waals surface area contributed by atoms with Crippen molar-refractivity contribution in [2.45, 2.75) is 0 Å². The van der Waals surface area contributed by atoms with E-state index in [0.717, 1.165) is 27.6 Å². The number of fused-ring (bicyclic) bond motifs is 2. The molecule has 0 aliphatic carbocycles. The summed E-state index contributed by atoms with van der Waals surface area (Å²) in [6, 6.07) is 25.8. The minimum Gasteiger partial charge on any atom is -0.274 e. The zero-order chi connectivity index (χ0) is 17.5. The lowest BCUT2D eigenvalue weighted by Gasteiger charge is -2.07. The van der Waals surface area contributed by atoms with E-state index in [0.29, 0.717) is 11.0 Å². The zero-order valence-electron chi connectivity index (χ0n) is 13.9. The van der Waals surface area contributed by atoms with Gasteiger partial charge in [-0.2, -0.15) is 0 Å². The number of hydrogen-bond acceptors (Lipinski definition) is 2. The van der Waals surface area contributed by atoms with E-state index >= 15 is 0 Å². The molecule has 3 aromatic carbocycles. The third kappa shape index (κ3) is 2.16. The molecule has 2 aromatic heterocycles. The fourth-order valence-corrected chi connectivity index (χ4v) is 3.48. The standard InChI is InChI=1S/C22H15N3O/c26-22-20-19(18-12-6-8-15-7-4-5-11-17(15)18)13-14-23-21(20)24-25(22)16-9-2-1-3-10-16/h1-14H,(H,23,24). The quantitative estimate of drug-likeness (QED) is 0.514. The van der Waals surface area contributed by atoms with E-state index in [1.54, 1.807) is 10.9 Å². The second-order valence-corrected chi connectivity index (χ2v) is 6.20. The summed E-state index contributed by atoms with van der Waals surface area (Å²) in [4.78, 5) is 17.5. The smallest absolute Gasteiger partial charge is 0.274 e. The minimum absolute atomic E-state index is 0.0952. The van der Waals surface area contributed by atoms with Gasteiger partial charge in [-0.05, 0) is 34.5 Å². The number of rotatable bonds is 2. The van der Waals surface area contributed by atoms with Crippen LogP contribution in [0.5, 0.6) is 0 Å². The van der Waals surface area contributed by atoms with Gasteiger partial charge < -0.3 is 0 Å². The number of pyridine rings is 1. The van der Waals surface area contributed by atoms with Crippen LogP contribution in [-0.2, 0) is 0 Å². The van der Waals surface area contributed by atoms with Crippen molar-refractivity contribution in [2.75, 3.05) is 0 Å². The molecule has 0 amide bonds. The van der Waals surface area contributed by atoms with Crippen molar-refractivity contribution in [1.82, 2.24) is 14.8 Å². The van der Waals surface area contributed by atoms with E-state index in [4.69, 9.17) is 0 Å². The molecule has 0 unspecified atom stereocenters. The topological polar surface area (TPSA) is 50.7 Å². The fraction of sp³-hybridized carbons (Fsp3) is 0. The van der Waals surface area contributed by atoms with Gasteiger partial charge in [-0.1, -0.05) is 60.7 Å². The Bertz CT molecular complexity index is 1290. The van der Waals surface area contributed by atoms with Gasteiger partial charge in [-0.15, -0.1) is 0 Å². The maximum Gasteiger partial charge on any atom is 0.281 e. The van der Waals surface area contributed by atoms with Crippen LogP contribution in [0.3, 0.4) is 0 Å². The number of para-hydroxylation sites is 1. The van der Waals surface area contributed by atoms with Gasteiger partial charge >= 0.3 is 0 Å². The highest BCUT2D eigenvalue weighted by Crippen LogP contribution is 2.31. The normalized spacial score (nSPS) is 11.2. The summed E-state index contributed by atoms with van der Waals surface area (Å²) in [5.74, 6) is 0. The van der Waals surface area contributed by atoms with Crippen LogP contribution in [0, 0.1) is 0 Å². The number of aromatic nitrogens is 3. The van der Waals surface area contributed by atoms with Crippen LogP contribution in [0.25, 0.3) is 38.6 Å². The molecule has 0 fully saturated rings. The molecule has 0 atom stereocenters. The minimum atomic E-state index is -0.0952. The van der Waals surface area contributed by atoms with E-state index in [1.165, 1.54) is 0 Å². The van der Waals surface area contributed by atoms with Crippen molar-refractivity contribution in [2.24, 2.45) is 0 Å². The lowest BCUT2D eigenvalue weighted by atomic mass is 9.97. The Morgan fingerprint density at radius 3 is 2.42 bits per heavy atom. The first-order chi connectivity index (χ1) is 12.8. The van der Waals surface area contributed by atoms with Gasteiger partial charge in [-0.3, -0.25) is 9.89 Å². The first-order valence-electron chi connectivity index (χ1n) is 8.46. The van der Waals surface area contributed by atoms with Crippen molar-refractivity contribution in [3.8, 4) is 16.8 Å². The average Bonchev–Trinajstić information content (AvgIpc) is 3.05. The molecule has 0 aliphatic heterocycles. The van der Waals surface area contributed by atoms with Crippen LogP contribution in [0.2, 0.25) is 0 Å². The number of nitrogens with zero attached hydrogens (tertiary/aromatic N) is 2. The molecule has 26 heavy (non-hydrogen) atoms. The molecule has 5 rings (SSSR count). The molecule has 2 heterocycles. The van der Waals surface area contributed by atoms with Crippen molar-refractivity contribution >= 4 is 21.8 Å². The highest BCUT2D eigenvalue weighted by Gasteiger charge is 2.15. The van der Waals surface area contributed by atoms with Crippen LogP contribution < -0.4 is 5.56 Å². The molecule has 0 aliphatic rings. The van der Waals surface area contributed by atoms with Crippen molar-refractivity contribution in [3.05, 3.63) is 95.4 Å². The summed E-state index contributed by atoms with van der Waals surface area (Å²) in [5, 5.41) is 6.00. The Labute approximate surface area is 149 Å². The average molecular weight is 337 g/mol. The molecule has 0 saturated carbocycles. The summed E-state index contributed by atoms with van der Waals surface area (Å²) in [7, 11) is 0. The third-order valence-corrected chi connectivity index (χ3v) is 4.68. The first-order valence-corrected chi connectivity index (χ1v) is 8.46. The molecule has 0 radical (unpaired) electrons. The largest absolute Gasteiger partial charge is 0.281 e. The van der Waals surface area contributed by atoms with Crippen LogP contribution in [-0.4, -0.2) is 14.8 Å². The summed E-state index contributed by atoms with van der Waals surface area (Å²) < 4.78 is 1.55. The lowest BCUT2D eigenvalue weighted by Crippen LogP contribution is -2.14. The number of hydrogen-bond donors (Lipinski definition) is 1. The van der Waals surface area contributed by atoms with Crippen molar-refractivity contribution < 1.29 is 0 Å². The van der Waals surface area contributed by atoms with E-state index < -0.39 is 0 Å². The Kier molecular flexibility index (Phi) is 3.22. The molecule has 1 N–H and O–H groups in total. The second kappa shape index (κ2) is 5.70. The molecule has 124 valence electrons. The summed E-state index contributed by atoms with van der Waals surface area (Å²) >= 11 is 0. The summed E-state index contributed by atoms with van der Waals surface area (Å²) in [5.41, 5.74) is 3.21. The van der Waals surface area contributed by atoms with Crippen LogP contribution in [0.15, 0.2) is 89.9 Å². The van der Waals surface area contributed by atoms with Gasteiger partial charge in [0.2, 0.25) is 0 Å². The highest BCUT2D eigenvalue weighted by atomic mass is 16.1. The molecule has 4 nitrogen and oxygen atoms in total. The van der Waals surface area contributed by atoms with E-state index in [9.17, 15) is 4.79 Å². The SMILES string of the molecule is O=c1c2c(-c3cccc4ccccc34)ccnc2[nH]n1-c1ccccc1. The molecule has 0 spiro atoms. The summed E-state index contributed by atoms with van der Waals surface area (Å²) in [6.45, 7) is 0. The van der Waals surface area contributed by atoms with Crippen LogP contribution >= 0.6 is 0 Å².